The van der Waals surface area contributed by atoms with Gasteiger partial charge in [-0.15, -0.1) is 0 Å². The van der Waals surface area contributed by atoms with Crippen LogP contribution in [0.5, 0.6) is 0 Å². The summed E-state index contributed by atoms with van der Waals surface area (Å²) in [7, 11) is 2.48. The van der Waals surface area contributed by atoms with Crippen LogP contribution in [-0.4, -0.2) is 66.1 Å². The highest BCUT2D eigenvalue weighted by atomic mass is 16.5. The molecule has 1 aromatic heterocycles. The summed E-state index contributed by atoms with van der Waals surface area (Å²) in [6.07, 6.45) is 1.16. The minimum absolute atomic E-state index is 0.0716. The lowest BCUT2D eigenvalue weighted by atomic mass is 9.92. The van der Waals surface area contributed by atoms with Crippen LogP contribution in [0.4, 0.5) is 5.69 Å². The van der Waals surface area contributed by atoms with Crippen molar-refractivity contribution in [3.8, 4) is 11.1 Å². The lowest BCUT2D eigenvalue weighted by Crippen LogP contribution is -2.34. The van der Waals surface area contributed by atoms with E-state index in [-0.39, 0.29) is 30.0 Å². The lowest BCUT2D eigenvalue weighted by Gasteiger charge is -2.17. The maximum atomic E-state index is 12.5. The van der Waals surface area contributed by atoms with Gasteiger partial charge in [-0.2, -0.15) is 0 Å². The molecule has 0 saturated heterocycles. The number of hydrogen-bond donors (Lipinski definition) is 2. The summed E-state index contributed by atoms with van der Waals surface area (Å²) in [4.78, 5) is 54.5. The second-order valence-electron chi connectivity index (χ2n) is 7.17. The fourth-order valence-corrected chi connectivity index (χ4v) is 3.63. The maximum absolute atomic E-state index is 12.5. The molecule has 10 heteroatoms. The molecule has 3 rings (SSSR count). The Balaban J connectivity index is 2.02. The van der Waals surface area contributed by atoms with Gasteiger partial charge in [0, 0.05) is 17.3 Å². The van der Waals surface area contributed by atoms with Gasteiger partial charge >= 0.3 is 11.9 Å². The Bertz CT molecular complexity index is 1130. The molecular weight excluding hydrogens is 430 g/mol. The van der Waals surface area contributed by atoms with Crippen LogP contribution in [0.2, 0.25) is 0 Å². The van der Waals surface area contributed by atoms with Gasteiger partial charge in [-0.1, -0.05) is 12.1 Å². The average molecular weight is 453 g/mol. The monoisotopic (exact) mass is 453 g/mol. The molecule has 2 aromatic rings. The molecule has 0 aliphatic carbocycles. The van der Waals surface area contributed by atoms with E-state index in [1.54, 1.807) is 38.1 Å². The molecule has 2 heterocycles. The number of aryl methyl sites for hydroxylation is 2. The number of benzene rings is 1. The highest BCUT2D eigenvalue weighted by Gasteiger charge is 2.31. The molecule has 0 unspecified atom stereocenters. The van der Waals surface area contributed by atoms with Crippen molar-refractivity contribution in [3.05, 3.63) is 58.6 Å². The SMILES string of the molecule is COC(=O)c1c(C)nc(C)c(C(=O)OC)c1-c1ccc(NC2=CC(=O)N(CCO)C2=O)cc1. The number of anilines is 1. The van der Waals surface area contributed by atoms with Gasteiger partial charge in [0.2, 0.25) is 0 Å². The second-order valence-corrected chi connectivity index (χ2v) is 7.17. The standard InChI is InChI=1S/C23H23N3O7/c1-12-18(22(30)32-3)20(19(13(2)24-12)23(31)33-4)14-5-7-15(8-6-14)25-16-11-17(28)26(9-10-27)21(16)29/h5-8,11,25,27H,9-10H2,1-4H3. The van der Waals surface area contributed by atoms with Gasteiger partial charge in [-0.25, -0.2) is 9.59 Å². The fraction of sp³-hybridized carbons (Fsp3) is 0.261. The number of methoxy groups -OCH3 is 2. The molecule has 10 nitrogen and oxygen atoms in total. The fourth-order valence-electron chi connectivity index (χ4n) is 3.63. The summed E-state index contributed by atoms with van der Waals surface area (Å²) in [6, 6.07) is 6.58. The molecule has 0 spiro atoms. The summed E-state index contributed by atoms with van der Waals surface area (Å²) >= 11 is 0. The number of pyridine rings is 1. The third-order valence-corrected chi connectivity index (χ3v) is 5.12. The van der Waals surface area contributed by atoms with Gasteiger partial charge in [0.1, 0.15) is 5.70 Å². The zero-order chi connectivity index (χ0) is 24.3. The second kappa shape index (κ2) is 9.61. The topological polar surface area (TPSA) is 135 Å². The molecule has 0 atom stereocenters. The van der Waals surface area contributed by atoms with Crippen molar-refractivity contribution in [2.24, 2.45) is 0 Å². The Hall–Kier alpha value is -4.05. The molecule has 33 heavy (non-hydrogen) atoms. The first-order valence-electron chi connectivity index (χ1n) is 9.97. The van der Waals surface area contributed by atoms with E-state index in [0.29, 0.717) is 28.2 Å². The molecular formula is C23H23N3O7. The highest BCUT2D eigenvalue weighted by molar-refractivity contribution is 6.17. The van der Waals surface area contributed by atoms with Crippen molar-refractivity contribution < 1.29 is 33.8 Å². The first-order chi connectivity index (χ1) is 15.7. The molecule has 172 valence electrons. The number of esters is 2. The largest absolute Gasteiger partial charge is 0.465 e. The number of amides is 2. The predicted octanol–water partition coefficient (Wildman–Crippen LogP) is 1.60. The number of imide groups is 1. The van der Waals surface area contributed by atoms with Crippen molar-refractivity contribution in [2.75, 3.05) is 32.7 Å². The highest BCUT2D eigenvalue weighted by Crippen LogP contribution is 2.33. The number of carbonyl (C=O) groups is 4. The van der Waals surface area contributed by atoms with Gasteiger partial charge < -0.3 is 19.9 Å². The van der Waals surface area contributed by atoms with Crippen LogP contribution in [0, 0.1) is 13.8 Å². The first kappa shape index (κ1) is 23.6. The number of nitrogens with one attached hydrogen (secondary N) is 1. The molecule has 0 radical (unpaired) electrons. The van der Waals surface area contributed by atoms with E-state index in [0.717, 1.165) is 11.0 Å². The summed E-state index contributed by atoms with van der Waals surface area (Å²) in [5.74, 6) is -2.35. The Kier molecular flexibility index (Phi) is 6.88. The third-order valence-electron chi connectivity index (χ3n) is 5.12. The van der Waals surface area contributed by atoms with E-state index in [1.807, 2.05) is 0 Å². The smallest absolute Gasteiger partial charge is 0.340 e. The Morgan fingerprint density at radius 1 is 1.00 bits per heavy atom. The van der Waals surface area contributed by atoms with Crippen LogP contribution < -0.4 is 5.32 Å². The lowest BCUT2D eigenvalue weighted by molar-refractivity contribution is -0.137. The minimum Gasteiger partial charge on any atom is -0.465 e. The minimum atomic E-state index is -0.647. The first-order valence-corrected chi connectivity index (χ1v) is 9.97. The van der Waals surface area contributed by atoms with Crippen LogP contribution in [0.15, 0.2) is 36.0 Å². The van der Waals surface area contributed by atoms with Crippen LogP contribution in [0.1, 0.15) is 32.1 Å². The van der Waals surface area contributed by atoms with Crippen LogP contribution in [0.3, 0.4) is 0 Å². The van der Waals surface area contributed by atoms with E-state index in [9.17, 15) is 19.2 Å². The number of ether oxygens (including phenoxy) is 2. The molecule has 2 amide bonds. The molecule has 2 N–H and O–H groups in total. The number of nitrogens with zero attached hydrogens (tertiary/aromatic N) is 2. The normalized spacial score (nSPS) is 13.1. The van der Waals surface area contributed by atoms with Crippen molar-refractivity contribution in [2.45, 2.75) is 13.8 Å². The zero-order valence-corrected chi connectivity index (χ0v) is 18.6. The van der Waals surface area contributed by atoms with Crippen molar-refractivity contribution in [3.63, 3.8) is 0 Å². The number of aromatic nitrogens is 1. The Morgan fingerprint density at radius 2 is 1.55 bits per heavy atom. The van der Waals surface area contributed by atoms with Crippen LogP contribution >= 0.6 is 0 Å². The predicted molar refractivity (Wildman–Crippen MR) is 117 cm³/mol. The molecule has 0 saturated carbocycles. The van der Waals surface area contributed by atoms with Crippen molar-refractivity contribution in [1.29, 1.82) is 0 Å². The molecule has 1 aliphatic rings. The van der Waals surface area contributed by atoms with Gasteiger partial charge in [0.15, 0.2) is 0 Å². The Morgan fingerprint density at radius 3 is 2.03 bits per heavy atom. The van der Waals surface area contributed by atoms with E-state index >= 15 is 0 Å². The average Bonchev–Trinajstić information content (AvgIpc) is 3.05. The number of carbonyl (C=O) groups excluding carboxylic acids is 4. The molecule has 0 bridgehead atoms. The van der Waals surface area contributed by atoms with Crippen LogP contribution in [-0.2, 0) is 19.1 Å². The van der Waals surface area contributed by atoms with Gasteiger partial charge in [-0.3, -0.25) is 19.5 Å². The van der Waals surface area contributed by atoms with Gasteiger partial charge in [-0.05, 0) is 31.5 Å². The van der Waals surface area contributed by atoms with Gasteiger partial charge in [0.25, 0.3) is 11.8 Å². The zero-order valence-electron chi connectivity index (χ0n) is 18.6. The number of aliphatic hydroxyl groups excluding tert-OH is 1. The summed E-state index contributed by atoms with van der Waals surface area (Å²) < 4.78 is 9.82. The van der Waals surface area contributed by atoms with E-state index in [4.69, 9.17) is 14.6 Å². The summed E-state index contributed by atoms with van der Waals surface area (Å²) in [5, 5.41) is 11.9. The number of aliphatic hydroxyl groups is 1. The summed E-state index contributed by atoms with van der Waals surface area (Å²) in [5.41, 5.74) is 2.50. The molecule has 1 aliphatic heterocycles. The third kappa shape index (κ3) is 4.46. The van der Waals surface area contributed by atoms with Gasteiger partial charge in [0.05, 0.1) is 49.9 Å². The quantitative estimate of drug-likeness (QED) is 0.473. The van der Waals surface area contributed by atoms with Crippen molar-refractivity contribution in [1.82, 2.24) is 9.88 Å². The number of hydrogen-bond acceptors (Lipinski definition) is 9. The number of β-amino-alcohol motifs (C(OH)–C–C–N with tert-alkyl or cyclic N) is 1. The van der Waals surface area contributed by atoms with Crippen molar-refractivity contribution >= 4 is 29.4 Å². The number of rotatable bonds is 7. The van der Waals surface area contributed by atoms with Crippen LogP contribution in [0.25, 0.3) is 11.1 Å². The van der Waals surface area contributed by atoms with E-state index in [1.165, 1.54) is 14.2 Å². The molecule has 1 aromatic carbocycles. The molecule has 0 fully saturated rings. The Labute approximate surface area is 189 Å². The van der Waals surface area contributed by atoms with E-state index in [2.05, 4.69) is 10.3 Å². The van der Waals surface area contributed by atoms with E-state index < -0.39 is 23.8 Å². The summed E-state index contributed by atoms with van der Waals surface area (Å²) in [6.45, 7) is 2.87. The maximum Gasteiger partial charge on any atom is 0.340 e.